The van der Waals surface area contributed by atoms with Crippen molar-refractivity contribution in [2.75, 3.05) is 0 Å². The molecular weight excluding hydrogens is 256 g/mol. The highest BCUT2D eigenvalue weighted by atomic mass is 16.6. The molecule has 1 unspecified atom stereocenters. The third-order valence-electron chi connectivity index (χ3n) is 2.78. The maximum absolute atomic E-state index is 10.9. The van der Waals surface area contributed by atoms with Gasteiger partial charge in [-0.3, -0.25) is 25.0 Å². The molecule has 0 saturated heterocycles. The van der Waals surface area contributed by atoms with E-state index < -0.39 is 27.4 Å². The number of rotatable bonds is 6. The fourth-order valence-corrected chi connectivity index (χ4v) is 1.68. The quantitative estimate of drug-likeness (QED) is 0.622. The Balaban J connectivity index is 3.16. The number of aliphatic carboxylic acids is 1. The van der Waals surface area contributed by atoms with Crippen molar-refractivity contribution in [2.24, 2.45) is 5.92 Å². The van der Waals surface area contributed by atoms with Crippen molar-refractivity contribution >= 4 is 17.3 Å². The number of benzene rings is 1. The van der Waals surface area contributed by atoms with E-state index in [-0.39, 0.29) is 17.7 Å². The van der Waals surface area contributed by atoms with E-state index in [4.69, 9.17) is 5.11 Å². The van der Waals surface area contributed by atoms with Crippen molar-refractivity contribution < 1.29 is 19.7 Å². The molecule has 1 aromatic carbocycles. The smallest absolute Gasteiger partial charge is 0.306 e. The SMILES string of the molecule is CCC(Cc1ccc([N+](=O)[O-])cc1[N+](=O)[O-])C(=O)O. The summed E-state index contributed by atoms with van der Waals surface area (Å²) in [5.74, 6) is -1.80. The van der Waals surface area contributed by atoms with E-state index in [0.29, 0.717) is 6.42 Å². The van der Waals surface area contributed by atoms with E-state index in [1.807, 2.05) is 0 Å². The van der Waals surface area contributed by atoms with E-state index in [1.165, 1.54) is 6.07 Å². The Labute approximate surface area is 108 Å². The van der Waals surface area contributed by atoms with Gasteiger partial charge in [0.15, 0.2) is 0 Å². The lowest BCUT2D eigenvalue weighted by Crippen LogP contribution is -2.16. The van der Waals surface area contributed by atoms with Crippen LogP contribution in [0.15, 0.2) is 18.2 Å². The Hall–Kier alpha value is -2.51. The molecule has 0 bridgehead atoms. The predicted octanol–water partition coefficient (Wildman–Crippen LogP) is 2.16. The molecule has 0 heterocycles. The summed E-state index contributed by atoms with van der Waals surface area (Å²) < 4.78 is 0. The molecule has 8 nitrogen and oxygen atoms in total. The minimum atomic E-state index is -1.05. The zero-order chi connectivity index (χ0) is 14.6. The van der Waals surface area contributed by atoms with Crippen molar-refractivity contribution in [2.45, 2.75) is 19.8 Å². The van der Waals surface area contributed by atoms with E-state index in [0.717, 1.165) is 12.1 Å². The molecule has 0 radical (unpaired) electrons. The van der Waals surface area contributed by atoms with Crippen molar-refractivity contribution in [1.29, 1.82) is 0 Å². The van der Waals surface area contributed by atoms with Crippen molar-refractivity contribution in [3.63, 3.8) is 0 Å². The molecule has 0 aliphatic heterocycles. The van der Waals surface area contributed by atoms with Gasteiger partial charge in [0, 0.05) is 11.6 Å². The number of nitrogens with zero attached hydrogens (tertiary/aromatic N) is 2. The fraction of sp³-hybridized carbons (Fsp3) is 0.364. The Bertz CT molecular complexity index is 528. The monoisotopic (exact) mass is 268 g/mol. The van der Waals surface area contributed by atoms with E-state index in [2.05, 4.69) is 0 Å². The van der Waals surface area contributed by atoms with Crippen LogP contribution in [0.3, 0.4) is 0 Å². The molecule has 19 heavy (non-hydrogen) atoms. The Morgan fingerprint density at radius 3 is 2.37 bits per heavy atom. The molecule has 0 saturated carbocycles. The number of nitro groups is 2. The van der Waals surface area contributed by atoms with Crippen molar-refractivity contribution in [1.82, 2.24) is 0 Å². The normalized spacial score (nSPS) is 11.8. The van der Waals surface area contributed by atoms with Gasteiger partial charge in [0.25, 0.3) is 11.4 Å². The summed E-state index contributed by atoms with van der Waals surface area (Å²) in [4.78, 5) is 30.9. The van der Waals surface area contributed by atoms with Gasteiger partial charge in [-0.15, -0.1) is 0 Å². The van der Waals surface area contributed by atoms with Crippen LogP contribution in [0.4, 0.5) is 11.4 Å². The standard InChI is InChI=1S/C11H12N2O6/c1-2-7(11(14)15)5-8-3-4-9(12(16)17)6-10(8)13(18)19/h3-4,6-7H,2,5H2,1H3,(H,14,15). The molecule has 0 fully saturated rings. The first-order valence-electron chi connectivity index (χ1n) is 5.51. The van der Waals surface area contributed by atoms with Crippen LogP contribution in [0.1, 0.15) is 18.9 Å². The second kappa shape index (κ2) is 5.89. The third kappa shape index (κ3) is 3.47. The van der Waals surface area contributed by atoms with Crippen LogP contribution >= 0.6 is 0 Å². The largest absolute Gasteiger partial charge is 0.481 e. The second-order valence-electron chi connectivity index (χ2n) is 3.97. The van der Waals surface area contributed by atoms with Crippen LogP contribution < -0.4 is 0 Å². The molecule has 8 heteroatoms. The number of carboxylic acids is 1. The summed E-state index contributed by atoms with van der Waals surface area (Å²) in [6.07, 6.45) is 0.295. The van der Waals surface area contributed by atoms with E-state index in [1.54, 1.807) is 6.92 Å². The van der Waals surface area contributed by atoms with Crippen LogP contribution in [0, 0.1) is 26.1 Å². The molecule has 1 aromatic rings. The van der Waals surface area contributed by atoms with Gasteiger partial charge in [0.1, 0.15) is 0 Å². The minimum absolute atomic E-state index is 0.0276. The van der Waals surface area contributed by atoms with Gasteiger partial charge < -0.3 is 5.11 Å². The number of non-ortho nitro benzene ring substituents is 1. The van der Waals surface area contributed by atoms with Crippen LogP contribution in [-0.2, 0) is 11.2 Å². The molecule has 1 rings (SSSR count). The maximum Gasteiger partial charge on any atom is 0.306 e. The lowest BCUT2D eigenvalue weighted by molar-refractivity contribution is -0.394. The zero-order valence-corrected chi connectivity index (χ0v) is 10.1. The fourth-order valence-electron chi connectivity index (χ4n) is 1.68. The molecule has 0 aromatic heterocycles. The van der Waals surface area contributed by atoms with Crippen LogP contribution in [0.2, 0.25) is 0 Å². The number of carboxylic acid groups (broad SMARTS) is 1. The molecule has 102 valence electrons. The highest BCUT2D eigenvalue weighted by molar-refractivity contribution is 5.70. The number of nitro benzene ring substituents is 2. The lowest BCUT2D eigenvalue weighted by Gasteiger charge is -2.09. The topological polar surface area (TPSA) is 124 Å². The Kier molecular flexibility index (Phi) is 4.51. The van der Waals surface area contributed by atoms with Crippen molar-refractivity contribution in [3.8, 4) is 0 Å². The molecule has 1 atom stereocenters. The summed E-state index contributed by atoms with van der Waals surface area (Å²) in [5.41, 5.74) is -0.627. The van der Waals surface area contributed by atoms with Crippen LogP contribution in [0.25, 0.3) is 0 Å². The summed E-state index contributed by atoms with van der Waals surface area (Å²) >= 11 is 0. The summed E-state index contributed by atoms with van der Waals surface area (Å²) in [6.45, 7) is 1.66. The lowest BCUT2D eigenvalue weighted by atomic mass is 9.96. The minimum Gasteiger partial charge on any atom is -0.481 e. The molecule has 1 N–H and O–H groups in total. The van der Waals surface area contributed by atoms with Crippen molar-refractivity contribution in [3.05, 3.63) is 44.0 Å². The predicted molar refractivity (Wildman–Crippen MR) is 64.9 cm³/mol. The number of carbonyl (C=O) groups is 1. The van der Waals surface area contributed by atoms with E-state index in [9.17, 15) is 25.0 Å². The van der Waals surface area contributed by atoms with Gasteiger partial charge in [-0.05, 0) is 18.9 Å². The molecule has 0 aliphatic rings. The van der Waals surface area contributed by atoms with Gasteiger partial charge in [-0.1, -0.05) is 6.92 Å². The molecule has 0 spiro atoms. The summed E-state index contributed by atoms with van der Waals surface area (Å²) in [5, 5.41) is 30.4. The average molecular weight is 268 g/mol. The Morgan fingerprint density at radius 2 is 1.95 bits per heavy atom. The first-order valence-corrected chi connectivity index (χ1v) is 5.51. The highest BCUT2D eigenvalue weighted by Gasteiger charge is 2.24. The van der Waals surface area contributed by atoms with Crippen LogP contribution in [-0.4, -0.2) is 20.9 Å². The average Bonchev–Trinajstić information content (AvgIpc) is 2.35. The summed E-state index contributed by atoms with van der Waals surface area (Å²) in [7, 11) is 0. The zero-order valence-electron chi connectivity index (χ0n) is 10.1. The van der Waals surface area contributed by atoms with Gasteiger partial charge in [0.2, 0.25) is 0 Å². The first kappa shape index (κ1) is 14.6. The Morgan fingerprint density at radius 1 is 1.32 bits per heavy atom. The van der Waals surface area contributed by atoms with Crippen LogP contribution in [0.5, 0.6) is 0 Å². The molecule has 0 amide bonds. The van der Waals surface area contributed by atoms with Gasteiger partial charge in [-0.25, -0.2) is 0 Å². The van der Waals surface area contributed by atoms with E-state index >= 15 is 0 Å². The summed E-state index contributed by atoms with van der Waals surface area (Å²) in [6, 6.07) is 3.22. The second-order valence-corrected chi connectivity index (χ2v) is 3.97. The van der Waals surface area contributed by atoms with Gasteiger partial charge in [-0.2, -0.15) is 0 Å². The molecular formula is C11H12N2O6. The number of hydrogen-bond donors (Lipinski definition) is 1. The maximum atomic E-state index is 10.9. The van der Waals surface area contributed by atoms with Gasteiger partial charge >= 0.3 is 5.97 Å². The highest BCUT2D eigenvalue weighted by Crippen LogP contribution is 2.27. The number of hydrogen-bond acceptors (Lipinski definition) is 5. The third-order valence-corrected chi connectivity index (χ3v) is 2.78. The molecule has 0 aliphatic carbocycles. The van der Waals surface area contributed by atoms with Gasteiger partial charge in [0.05, 0.1) is 21.8 Å². The first-order chi connectivity index (χ1) is 8.86.